The van der Waals surface area contributed by atoms with Gasteiger partial charge in [-0.25, -0.2) is 4.39 Å². The molecule has 0 aromatic heterocycles. The third kappa shape index (κ3) is 3.19. The van der Waals surface area contributed by atoms with Crippen LogP contribution in [0.3, 0.4) is 0 Å². The molecule has 1 aromatic carbocycles. The van der Waals surface area contributed by atoms with Crippen LogP contribution in [0.15, 0.2) is 24.3 Å². The number of carbonyl (C=O) groups is 1. The van der Waals surface area contributed by atoms with Crippen LogP contribution in [-0.4, -0.2) is 30.0 Å². The number of hydrogen-bond donors (Lipinski definition) is 0. The fourth-order valence-corrected chi connectivity index (χ4v) is 1.99. The van der Waals surface area contributed by atoms with Crippen molar-refractivity contribution in [1.82, 2.24) is 4.90 Å². The van der Waals surface area contributed by atoms with Gasteiger partial charge in [-0.15, -0.1) is 0 Å². The Kier molecular flexibility index (Phi) is 3.61. The van der Waals surface area contributed by atoms with Crippen molar-refractivity contribution < 1.29 is 13.9 Å². The van der Waals surface area contributed by atoms with E-state index < -0.39 is 0 Å². The van der Waals surface area contributed by atoms with E-state index in [2.05, 4.69) is 0 Å². The highest BCUT2D eigenvalue weighted by molar-refractivity contribution is 5.73. The molecule has 0 radical (unpaired) electrons. The van der Waals surface area contributed by atoms with E-state index in [9.17, 15) is 9.18 Å². The predicted octanol–water partition coefficient (Wildman–Crippen LogP) is 2.22. The summed E-state index contributed by atoms with van der Waals surface area (Å²) in [7, 11) is 0. The van der Waals surface area contributed by atoms with E-state index in [0.717, 1.165) is 25.9 Å². The molecule has 0 saturated carbocycles. The second-order valence-corrected chi connectivity index (χ2v) is 4.28. The lowest BCUT2D eigenvalue weighted by Crippen LogP contribution is -2.40. The van der Waals surface area contributed by atoms with Crippen molar-refractivity contribution in [1.29, 1.82) is 0 Å². The molecule has 1 aliphatic heterocycles. The summed E-state index contributed by atoms with van der Waals surface area (Å²) in [5, 5.41) is 0. The van der Waals surface area contributed by atoms with Gasteiger partial charge in [-0.1, -0.05) is 0 Å². The average Bonchev–Trinajstić information content (AvgIpc) is 2.33. The van der Waals surface area contributed by atoms with E-state index in [4.69, 9.17) is 4.74 Å². The molecule has 0 unspecified atom stereocenters. The van der Waals surface area contributed by atoms with Gasteiger partial charge in [-0.3, -0.25) is 4.79 Å². The van der Waals surface area contributed by atoms with Crippen LogP contribution in [0.25, 0.3) is 0 Å². The van der Waals surface area contributed by atoms with Gasteiger partial charge in [0.15, 0.2) is 0 Å². The molecule has 0 atom stereocenters. The molecule has 3 nitrogen and oxygen atoms in total. The summed E-state index contributed by atoms with van der Waals surface area (Å²) >= 11 is 0. The summed E-state index contributed by atoms with van der Waals surface area (Å²) in [5.41, 5.74) is 0. The van der Waals surface area contributed by atoms with Gasteiger partial charge in [0.05, 0.1) is 0 Å². The number of rotatable bonds is 2. The van der Waals surface area contributed by atoms with Crippen LogP contribution in [0, 0.1) is 5.82 Å². The molecular formula is C13H16FNO2. The first-order valence-electron chi connectivity index (χ1n) is 5.83. The van der Waals surface area contributed by atoms with Gasteiger partial charge in [0.1, 0.15) is 17.7 Å². The SMILES string of the molecule is CC(=O)N1CCC(Oc2ccc(F)cc2)CC1. The quantitative estimate of drug-likeness (QED) is 0.789. The summed E-state index contributed by atoms with van der Waals surface area (Å²) in [5.74, 6) is 0.543. The zero-order chi connectivity index (χ0) is 12.3. The highest BCUT2D eigenvalue weighted by Crippen LogP contribution is 2.19. The lowest BCUT2D eigenvalue weighted by atomic mass is 10.1. The molecule has 0 bridgehead atoms. The van der Waals surface area contributed by atoms with Crippen LogP contribution in [0.5, 0.6) is 5.75 Å². The first-order valence-corrected chi connectivity index (χ1v) is 5.83. The van der Waals surface area contributed by atoms with Gasteiger partial charge in [0.25, 0.3) is 0 Å². The molecule has 1 amide bonds. The summed E-state index contributed by atoms with van der Waals surface area (Å²) in [6, 6.07) is 6.04. The smallest absolute Gasteiger partial charge is 0.219 e. The number of halogens is 1. The van der Waals surface area contributed by atoms with Crippen LogP contribution in [0.2, 0.25) is 0 Å². The van der Waals surface area contributed by atoms with Gasteiger partial charge in [-0.2, -0.15) is 0 Å². The Balaban J connectivity index is 1.85. The van der Waals surface area contributed by atoms with E-state index in [1.165, 1.54) is 12.1 Å². The first kappa shape index (κ1) is 11.9. The first-order chi connectivity index (χ1) is 8.15. The van der Waals surface area contributed by atoms with Crippen molar-refractivity contribution in [3.63, 3.8) is 0 Å². The van der Waals surface area contributed by atoms with Crippen molar-refractivity contribution in [3.05, 3.63) is 30.1 Å². The molecule has 92 valence electrons. The van der Waals surface area contributed by atoms with E-state index >= 15 is 0 Å². The molecule has 0 aliphatic carbocycles. The summed E-state index contributed by atoms with van der Waals surface area (Å²) < 4.78 is 18.4. The molecule has 1 aliphatic rings. The molecule has 1 fully saturated rings. The molecule has 1 aromatic rings. The number of likely N-dealkylation sites (tertiary alicyclic amines) is 1. The Labute approximate surface area is 100 Å². The van der Waals surface area contributed by atoms with Crippen LogP contribution in [0.1, 0.15) is 19.8 Å². The van der Waals surface area contributed by atoms with Gasteiger partial charge in [0.2, 0.25) is 5.91 Å². The number of piperidine rings is 1. The number of ether oxygens (including phenoxy) is 1. The molecular weight excluding hydrogens is 221 g/mol. The Morgan fingerprint density at radius 1 is 1.29 bits per heavy atom. The van der Waals surface area contributed by atoms with E-state index in [1.54, 1.807) is 19.1 Å². The molecule has 0 spiro atoms. The number of nitrogens with zero attached hydrogens (tertiary/aromatic N) is 1. The normalized spacial score (nSPS) is 16.9. The van der Waals surface area contributed by atoms with Crippen LogP contribution < -0.4 is 4.74 Å². The molecule has 4 heteroatoms. The summed E-state index contributed by atoms with van der Waals surface area (Å²) in [4.78, 5) is 13.0. The van der Waals surface area contributed by atoms with Crippen molar-refractivity contribution in [2.45, 2.75) is 25.9 Å². The minimum atomic E-state index is -0.260. The van der Waals surface area contributed by atoms with Crippen molar-refractivity contribution >= 4 is 5.91 Å². The minimum absolute atomic E-state index is 0.116. The Morgan fingerprint density at radius 2 is 1.88 bits per heavy atom. The predicted molar refractivity (Wildman–Crippen MR) is 62.3 cm³/mol. The Morgan fingerprint density at radius 3 is 2.41 bits per heavy atom. The average molecular weight is 237 g/mol. The lowest BCUT2D eigenvalue weighted by Gasteiger charge is -2.31. The summed E-state index contributed by atoms with van der Waals surface area (Å²) in [6.45, 7) is 3.06. The second-order valence-electron chi connectivity index (χ2n) is 4.28. The molecule has 0 N–H and O–H groups in total. The maximum atomic E-state index is 12.7. The van der Waals surface area contributed by atoms with Gasteiger partial charge >= 0.3 is 0 Å². The minimum Gasteiger partial charge on any atom is -0.490 e. The highest BCUT2D eigenvalue weighted by atomic mass is 19.1. The second kappa shape index (κ2) is 5.17. The Hall–Kier alpha value is -1.58. The maximum absolute atomic E-state index is 12.7. The number of benzene rings is 1. The van der Waals surface area contributed by atoms with Gasteiger partial charge < -0.3 is 9.64 Å². The van der Waals surface area contributed by atoms with E-state index in [-0.39, 0.29) is 17.8 Å². The van der Waals surface area contributed by atoms with Crippen molar-refractivity contribution in [2.24, 2.45) is 0 Å². The molecule has 1 saturated heterocycles. The summed E-state index contributed by atoms with van der Waals surface area (Å²) in [6.07, 6.45) is 1.78. The molecule has 2 rings (SSSR count). The molecule has 17 heavy (non-hydrogen) atoms. The number of carbonyl (C=O) groups excluding carboxylic acids is 1. The lowest BCUT2D eigenvalue weighted by molar-refractivity contribution is -0.130. The van der Waals surface area contributed by atoms with Crippen LogP contribution >= 0.6 is 0 Å². The zero-order valence-corrected chi connectivity index (χ0v) is 9.86. The largest absolute Gasteiger partial charge is 0.490 e. The van der Waals surface area contributed by atoms with Gasteiger partial charge in [0, 0.05) is 32.9 Å². The highest BCUT2D eigenvalue weighted by Gasteiger charge is 2.21. The van der Waals surface area contributed by atoms with E-state index in [1.807, 2.05) is 4.90 Å². The van der Waals surface area contributed by atoms with Gasteiger partial charge in [-0.05, 0) is 24.3 Å². The number of hydrogen-bond acceptors (Lipinski definition) is 2. The third-order valence-electron chi connectivity index (χ3n) is 3.00. The maximum Gasteiger partial charge on any atom is 0.219 e. The standard InChI is InChI=1S/C13H16FNO2/c1-10(16)15-8-6-13(7-9-15)17-12-4-2-11(14)3-5-12/h2-5,13H,6-9H2,1H3. The molecule has 1 heterocycles. The van der Waals surface area contributed by atoms with Crippen molar-refractivity contribution in [2.75, 3.05) is 13.1 Å². The fourth-order valence-electron chi connectivity index (χ4n) is 1.99. The monoisotopic (exact) mass is 237 g/mol. The van der Waals surface area contributed by atoms with Crippen molar-refractivity contribution in [3.8, 4) is 5.75 Å². The topological polar surface area (TPSA) is 29.5 Å². The van der Waals surface area contributed by atoms with E-state index in [0.29, 0.717) is 5.75 Å². The fraction of sp³-hybridized carbons (Fsp3) is 0.462. The Bertz CT molecular complexity index is 383. The number of amides is 1. The third-order valence-corrected chi connectivity index (χ3v) is 3.00. The van der Waals surface area contributed by atoms with Crippen LogP contribution in [-0.2, 0) is 4.79 Å². The zero-order valence-electron chi connectivity index (χ0n) is 9.86. The van der Waals surface area contributed by atoms with Crippen LogP contribution in [0.4, 0.5) is 4.39 Å².